The number of rotatable bonds is 5. The lowest BCUT2D eigenvalue weighted by molar-refractivity contribution is -0.119. The third kappa shape index (κ3) is 4.97. The van der Waals surface area contributed by atoms with Crippen molar-refractivity contribution in [1.29, 1.82) is 0 Å². The molecule has 0 N–H and O–H groups in total. The quantitative estimate of drug-likeness (QED) is 0.709. The first kappa shape index (κ1) is 19.6. The summed E-state index contributed by atoms with van der Waals surface area (Å²) in [7, 11) is 0. The Morgan fingerprint density at radius 1 is 0.920 bits per heavy atom. The standard InChI is InChI=1S/C21H41N3O/c1-19(2,3)24-11-9-23(10-12-24)18-14-21(15-18)16-22(17-21)8-7-13-25-20(4,5)6/h18H,7-17H2,1-6H3. The highest BCUT2D eigenvalue weighted by atomic mass is 16.5. The van der Waals surface area contributed by atoms with E-state index in [1.807, 2.05) is 0 Å². The monoisotopic (exact) mass is 351 g/mol. The molecule has 3 rings (SSSR count). The van der Waals surface area contributed by atoms with E-state index in [9.17, 15) is 0 Å². The zero-order valence-corrected chi connectivity index (χ0v) is 17.6. The number of hydrogen-bond acceptors (Lipinski definition) is 4. The fraction of sp³-hybridized carbons (Fsp3) is 1.00. The summed E-state index contributed by atoms with van der Waals surface area (Å²) >= 11 is 0. The zero-order valence-electron chi connectivity index (χ0n) is 17.6. The zero-order chi connectivity index (χ0) is 18.3. The maximum absolute atomic E-state index is 5.83. The van der Waals surface area contributed by atoms with Gasteiger partial charge < -0.3 is 9.64 Å². The van der Waals surface area contributed by atoms with Crippen LogP contribution in [0.5, 0.6) is 0 Å². The lowest BCUT2D eigenvalue weighted by Crippen LogP contribution is -2.68. The third-order valence-electron chi connectivity index (χ3n) is 6.39. The van der Waals surface area contributed by atoms with Crippen molar-refractivity contribution in [2.24, 2.45) is 5.41 Å². The summed E-state index contributed by atoms with van der Waals surface area (Å²) in [6.45, 7) is 23.3. The average Bonchev–Trinajstić information content (AvgIpc) is 2.41. The third-order valence-corrected chi connectivity index (χ3v) is 6.39. The molecule has 1 saturated carbocycles. The molecule has 1 aliphatic carbocycles. The largest absolute Gasteiger partial charge is 0.376 e. The molecule has 3 fully saturated rings. The van der Waals surface area contributed by atoms with E-state index in [1.54, 1.807) is 0 Å². The molecule has 2 heterocycles. The normalized spacial score (nSPS) is 26.6. The Morgan fingerprint density at radius 3 is 2.04 bits per heavy atom. The predicted molar refractivity (Wildman–Crippen MR) is 105 cm³/mol. The van der Waals surface area contributed by atoms with Crippen molar-refractivity contribution >= 4 is 0 Å². The summed E-state index contributed by atoms with van der Waals surface area (Å²) < 4.78 is 5.83. The second kappa shape index (κ2) is 7.10. The van der Waals surface area contributed by atoms with Gasteiger partial charge in [-0.3, -0.25) is 9.80 Å². The van der Waals surface area contributed by atoms with Crippen LogP contribution in [0.4, 0.5) is 0 Å². The van der Waals surface area contributed by atoms with Gasteiger partial charge in [-0.1, -0.05) is 0 Å². The number of hydrogen-bond donors (Lipinski definition) is 0. The lowest BCUT2D eigenvalue weighted by Gasteiger charge is -2.62. The van der Waals surface area contributed by atoms with Crippen molar-refractivity contribution in [2.45, 2.75) is 78.0 Å². The summed E-state index contributed by atoms with van der Waals surface area (Å²) in [6.07, 6.45) is 4.06. The number of piperazine rings is 1. The molecule has 0 aromatic rings. The maximum Gasteiger partial charge on any atom is 0.0598 e. The van der Waals surface area contributed by atoms with E-state index >= 15 is 0 Å². The fourth-order valence-electron chi connectivity index (χ4n) is 4.94. The van der Waals surface area contributed by atoms with E-state index in [0.717, 1.165) is 12.6 Å². The molecule has 2 saturated heterocycles. The van der Waals surface area contributed by atoms with Crippen LogP contribution in [0, 0.1) is 5.41 Å². The fourth-order valence-corrected chi connectivity index (χ4v) is 4.94. The number of ether oxygens (including phenoxy) is 1. The van der Waals surface area contributed by atoms with Gasteiger partial charge in [-0.15, -0.1) is 0 Å². The SMILES string of the molecule is CC(C)(C)OCCCN1CC2(CC(N3CCN(C(C)(C)C)CC3)C2)C1. The van der Waals surface area contributed by atoms with Crippen molar-refractivity contribution in [2.75, 3.05) is 52.4 Å². The highest BCUT2D eigenvalue weighted by Gasteiger charge is 2.53. The second-order valence-corrected chi connectivity index (χ2v) is 10.8. The molecule has 0 unspecified atom stereocenters. The van der Waals surface area contributed by atoms with Gasteiger partial charge in [0, 0.05) is 64.0 Å². The van der Waals surface area contributed by atoms with Crippen LogP contribution in [0.1, 0.15) is 60.8 Å². The molecular formula is C21H41N3O. The minimum atomic E-state index is 0.00831. The molecule has 2 aliphatic heterocycles. The Labute approximate surface area is 155 Å². The van der Waals surface area contributed by atoms with Gasteiger partial charge >= 0.3 is 0 Å². The molecule has 0 atom stereocenters. The second-order valence-electron chi connectivity index (χ2n) is 10.8. The number of likely N-dealkylation sites (tertiary alicyclic amines) is 1. The van der Waals surface area contributed by atoms with Gasteiger partial charge in [-0.2, -0.15) is 0 Å². The van der Waals surface area contributed by atoms with Gasteiger partial charge in [0.25, 0.3) is 0 Å². The summed E-state index contributed by atoms with van der Waals surface area (Å²) in [4.78, 5) is 8.05. The van der Waals surface area contributed by atoms with Crippen LogP contribution in [0.15, 0.2) is 0 Å². The van der Waals surface area contributed by atoms with E-state index < -0.39 is 0 Å². The molecule has 1 spiro atoms. The molecule has 3 aliphatic rings. The first-order chi connectivity index (χ1) is 11.6. The van der Waals surface area contributed by atoms with Crippen LogP contribution in [0.3, 0.4) is 0 Å². The molecule has 0 bridgehead atoms. The van der Waals surface area contributed by atoms with E-state index in [-0.39, 0.29) is 5.60 Å². The van der Waals surface area contributed by atoms with Gasteiger partial charge in [0.2, 0.25) is 0 Å². The maximum atomic E-state index is 5.83. The Morgan fingerprint density at radius 2 is 1.52 bits per heavy atom. The number of nitrogens with zero attached hydrogens (tertiary/aromatic N) is 3. The topological polar surface area (TPSA) is 19.0 Å². The molecule has 146 valence electrons. The van der Waals surface area contributed by atoms with Crippen LogP contribution in [0.25, 0.3) is 0 Å². The Bertz CT molecular complexity index is 429. The van der Waals surface area contributed by atoms with Gasteiger partial charge in [-0.05, 0) is 66.2 Å². The lowest BCUT2D eigenvalue weighted by atomic mass is 9.60. The Balaban J connectivity index is 1.28. The van der Waals surface area contributed by atoms with Crippen LogP contribution in [-0.4, -0.2) is 84.3 Å². The van der Waals surface area contributed by atoms with E-state index in [2.05, 4.69) is 56.2 Å². The van der Waals surface area contributed by atoms with Crippen molar-refractivity contribution in [3.8, 4) is 0 Å². The molecular weight excluding hydrogens is 310 g/mol. The van der Waals surface area contributed by atoms with Crippen LogP contribution >= 0.6 is 0 Å². The smallest absolute Gasteiger partial charge is 0.0598 e. The van der Waals surface area contributed by atoms with Crippen molar-refractivity contribution < 1.29 is 4.74 Å². The van der Waals surface area contributed by atoms with Gasteiger partial charge in [0.15, 0.2) is 0 Å². The average molecular weight is 352 g/mol. The summed E-state index contributed by atoms with van der Waals surface area (Å²) in [6, 6.07) is 0.869. The summed E-state index contributed by atoms with van der Waals surface area (Å²) in [5.41, 5.74) is 1.02. The molecule has 0 radical (unpaired) electrons. The van der Waals surface area contributed by atoms with Gasteiger partial charge in [-0.25, -0.2) is 0 Å². The molecule has 4 nitrogen and oxygen atoms in total. The van der Waals surface area contributed by atoms with Crippen molar-refractivity contribution in [1.82, 2.24) is 14.7 Å². The Kier molecular flexibility index (Phi) is 5.57. The first-order valence-electron chi connectivity index (χ1n) is 10.4. The van der Waals surface area contributed by atoms with E-state index in [0.29, 0.717) is 11.0 Å². The van der Waals surface area contributed by atoms with Gasteiger partial charge in [0.1, 0.15) is 0 Å². The molecule has 0 amide bonds. The molecule has 0 aromatic heterocycles. The van der Waals surface area contributed by atoms with Crippen molar-refractivity contribution in [3.63, 3.8) is 0 Å². The van der Waals surface area contributed by atoms with Crippen LogP contribution < -0.4 is 0 Å². The summed E-state index contributed by atoms with van der Waals surface area (Å²) in [5, 5.41) is 0. The highest BCUT2D eigenvalue weighted by molar-refractivity contribution is 5.08. The molecule has 0 aromatic carbocycles. The van der Waals surface area contributed by atoms with E-state index in [4.69, 9.17) is 4.74 Å². The highest BCUT2D eigenvalue weighted by Crippen LogP contribution is 2.50. The van der Waals surface area contributed by atoms with E-state index in [1.165, 1.54) is 65.1 Å². The predicted octanol–water partition coefficient (Wildman–Crippen LogP) is 3.07. The molecule has 4 heteroatoms. The Hall–Kier alpha value is -0.160. The van der Waals surface area contributed by atoms with Crippen LogP contribution in [-0.2, 0) is 4.74 Å². The van der Waals surface area contributed by atoms with Crippen molar-refractivity contribution in [3.05, 3.63) is 0 Å². The minimum Gasteiger partial charge on any atom is -0.376 e. The van der Waals surface area contributed by atoms with Gasteiger partial charge in [0.05, 0.1) is 5.60 Å². The first-order valence-corrected chi connectivity index (χ1v) is 10.4. The van der Waals surface area contributed by atoms with Crippen LogP contribution in [0.2, 0.25) is 0 Å². The minimum absolute atomic E-state index is 0.00831. The summed E-state index contributed by atoms with van der Waals surface area (Å²) in [5.74, 6) is 0. The molecule has 25 heavy (non-hydrogen) atoms.